The SMILES string of the molecule is CN(C)c1nnc(SCC(=O)Nc2ccccc2N)s1. The van der Waals surface area contributed by atoms with Gasteiger partial charge in [0, 0.05) is 14.1 Å². The highest BCUT2D eigenvalue weighted by molar-refractivity contribution is 8.01. The Morgan fingerprint density at radius 1 is 1.40 bits per heavy atom. The highest BCUT2D eigenvalue weighted by Crippen LogP contribution is 2.27. The number of rotatable bonds is 5. The van der Waals surface area contributed by atoms with E-state index in [1.165, 1.54) is 23.1 Å². The Bertz CT molecular complexity index is 599. The summed E-state index contributed by atoms with van der Waals surface area (Å²) in [6, 6.07) is 7.17. The summed E-state index contributed by atoms with van der Waals surface area (Å²) in [5.41, 5.74) is 6.95. The van der Waals surface area contributed by atoms with Gasteiger partial charge in [-0.15, -0.1) is 10.2 Å². The minimum Gasteiger partial charge on any atom is -0.397 e. The number of hydrogen-bond donors (Lipinski definition) is 2. The number of anilines is 3. The lowest BCUT2D eigenvalue weighted by molar-refractivity contribution is -0.113. The first-order valence-corrected chi connectivity index (χ1v) is 7.64. The maximum absolute atomic E-state index is 11.8. The van der Waals surface area contributed by atoms with Crippen LogP contribution >= 0.6 is 23.1 Å². The Hall–Kier alpha value is -1.80. The standard InChI is InChI=1S/C12H15N5OS2/c1-17(2)11-15-16-12(20-11)19-7-10(18)14-9-6-4-3-5-8(9)13/h3-6H,7,13H2,1-2H3,(H,14,18). The van der Waals surface area contributed by atoms with Gasteiger partial charge in [0.05, 0.1) is 17.1 Å². The molecule has 0 atom stereocenters. The van der Waals surface area contributed by atoms with Crippen molar-refractivity contribution in [1.82, 2.24) is 10.2 Å². The second-order valence-electron chi connectivity index (χ2n) is 4.17. The molecule has 0 saturated heterocycles. The van der Waals surface area contributed by atoms with E-state index < -0.39 is 0 Å². The van der Waals surface area contributed by atoms with Gasteiger partial charge in [-0.2, -0.15) is 0 Å². The highest BCUT2D eigenvalue weighted by Gasteiger charge is 2.10. The van der Waals surface area contributed by atoms with Gasteiger partial charge in [0.1, 0.15) is 0 Å². The van der Waals surface area contributed by atoms with Crippen LogP contribution in [0.15, 0.2) is 28.6 Å². The molecule has 2 aromatic rings. The largest absolute Gasteiger partial charge is 0.397 e. The Balaban J connectivity index is 1.87. The van der Waals surface area contributed by atoms with E-state index >= 15 is 0 Å². The number of thioether (sulfide) groups is 1. The van der Waals surface area contributed by atoms with Crippen LogP contribution in [0.5, 0.6) is 0 Å². The summed E-state index contributed by atoms with van der Waals surface area (Å²) in [4.78, 5) is 13.7. The molecule has 1 heterocycles. The van der Waals surface area contributed by atoms with Gasteiger partial charge in [-0.1, -0.05) is 35.2 Å². The molecule has 0 fully saturated rings. The minimum absolute atomic E-state index is 0.116. The fraction of sp³-hybridized carbons (Fsp3) is 0.250. The molecule has 1 amide bonds. The van der Waals surface area contributed by atoms with Crippen LogP contribution in [0.1, 0.15) is 0 Å². The molecule has 0 spiro atoms. The van der Waals surface area contributed by atoms with Crippen molar-refractivity contribution in [2.24, 2.45) is 0 Å². The van der Waals surface area contributed by atoms with E-state index in [0.717, 1.165) is 9.47 Å². The molecule has 8 heteroatoms. The number of nitrogens with zero attached hydrogens (tertiary/aromatic N) is 3. The van der Waals surface area contributed by atoms with Gasteiger partial charge in [0.2, 0.25) is 11.0 Å². The molecule has 6 nitrogen and oxygen atoms in total. The average Bonchev–Trinajstić information content (AvgIpc) is 2.88. The van der Waals surface area contributed by atoms with E-state index in [1.807, 2.05) is 31.1 Å². The average molecular weight is 309 g/mol. The van der Waals surface area contributed by atoms with Crippen molar-refractivity contribution in [2.75, 3.05) is 35.8 Å². The third-order valence-corrected chi connectivity index (χ3v) is 4.56. The molecule has 2 rings (SSSR count). The van der Waals surface area contributed by atoms with Gasteiger partial charge >= 0.3 is 0 Å². The lowest BCUT2D eigenvalue weighted by atomic mass is 10.3. The zero-order valence-electron chi connectivity index (χ0n) is 11.2. The Morgan fingerprint density at radius 3 is 2.80 bits per heavy atom. The van der Waals surface area contributed by atoms with E-state index in [9.17, 15) is 4.79 Å². The van der Waals surface area contributed by atoms with Gasteiger partial charge in [0.15, 0.2) is 4.34 Å². The lowest BCUT2D eigenvalue weighted by Crippen LogP contribution is -2.15. The second-order valence-corrected chi connectivity index (χ2v) is 6.35. The molecule has 0 unspecified atom stereocenters. The summed E-state index contributed by atoms with van der Waals surface area (Å²) in [5.74, 6) is 0.158. The van der Waals surface area contributed by atoms with Crippen LogP contribution in [0.4, 0.5) is 16.5 Å². The first-order chi connectivity index (χ1) is 9.56. The van der Waals surface area contributed by atoms with Crippen molar-refractivity contribution in [3.05, 3.63) is 24.3 Å². The number of amides is 1. The molecule has 0 bridgehead atoms. The van der Waals surface area contributed by atoms with Gasteiger partial charge in [-0.25, -0.2) is 0 Å². The molecule has 3 N–H and O–H groups in total. The Kier molecular flexibility index (Phi) is 4.80. The van der Waals surface area contributed by atoms with E-state index in [2.05, 4.69) is 15.5 Å². The third-order valence-electron chi connectivity index (χ3n) is 2.34. The van der Waals surface area contributed by atoms with Crippen molar-refractivity contribution in [2.45, 2.75) is 4.34 Å². The summed E-state index contributed by atoms with van der Waals surface area (Å²) in [6.45, 7) is 0. The molecule has 0 aliphatic rings. The van der Waals surface area contributed by atoms with E-state index in [0.29, 0.717) is 11.4 Å². The summed E-state index contributed by atoms with van der Waals surface area (Å²) < 4.78 is 0.768. The maximum Gasteiger partial charge on any atom is 0.234 e. The fourth-order valence-electron chi connectivity index (χ4n) is 1.37. The van der Waals surface area contributed by atoms with E-state index in [1.54, 1.807) is 12.1 Å². The van der Waals surface area contributed by atoms with Crippen molar-refractivity contribution < 1.29 is 4.79 Å². The number of aromatic nitrogens is 2. The molecule has 1 aromatic heterocycles. The Labute approximate surface area is 125 Å². The van der Waals surface area contributed by atoms with E-state index in [4.69, 9.17) is 5.73 Å². The normalized spacial score (nSPS) is 10.3. The number of hydrogen-bond acceptors (Lipinski definition) is 7. The molecule has 0 saturated carbocycles. The van der Waals surface area contributed by atoms with E-state index in [-0.39, 0.29) is 11.7 Å². The van der Waals surface area contributed by atoms with Crippen molar-refractivity contribution >= 4 is 45.5 Å². The van der Waals surface area contributed by atoms with Crippen molar-refractivity contribution in [3.8, 4) is 0 Å². The lowest BCUT2D eigenvalue weighted by Gasteiger charge is -2.06. The van der Waals surface area contributed by atoms with Gasteiger partial charge in [-0.3, -0.25) is 4.79 Å². The number of carbonyl (C=O) groups is 1. The number of para-hydroxylation sites is 2. The molecule has 0 aliphatic carbocycles. The van der Waals surface area contributed by atoms with Crippen molar-refractivity contribution in [1.29, 1.82) is 0 Å². The van der Waals surface area contributed by atoms with Crippen LogP contribution in [0.2, 0.25) is 0 Å². The number of nitrogens with two attached hydrogens (primary N) is 1. The quantitative estimate of drug-likeness (QED) is 0.648. The zero-order chi connectivity index (χ0) is 14.5. The van der Waals surface area contributed by atoms with Crippen LogP contribution < -0.4 is 16.0 Å². The summed E-state index contributed by atoms with van der Waals surface area (Å²) in [7, 11) is 3.81. The van der Waals surface area contributed by atoms with Crippen LogP contribution in [-0.2, 0) is 4.79 Å². The topological polar surface area (TPSA) is 84.1 Å². The summed E-state index contributed by atoms with van der Waals surface area (Å²) in [6.07, 6.45) is 0. The van der Waals surface area contributed by atoms with Crippen LogP contribution in [0, 0.1) is 0 Å². The monoisotopic (exact) mass is 309 g/mol. The van der Waals surface area contributed by atoms with Crippen LogP contribution in [0.3, 0.4) is 0 Å². The zero-order valence-corrected chi connectivity index (χ0v) is 12.8. The summed E-state index contributed by atoms with van der Waals surface area (Å²) >= 11 is 2.81. The number of carbonyl (C=O) groups excluding carboxylic acids is 1. The molecule has 1 aromatic carbocycles. The molecular weight excluding hydrogens is 294 g/mol. The first kappa shape index (κ1) is 14.6. The molecule has 20 heavy (non-hydrogen) atoms. The fourth-order valence-corrected chi connectivity index (χ4v) is 2.93. The maximum atomic E-state index is 11.8. The molecular formula is C12H15N5OS2. The first-order valence-electron chi connectivity index (χ1n) is 5.84. The van der Waals surface area contributed by atoms with Crippen LogP contribution in [-0.4, -0.2) is 36.0 Å². The third kappa shape index (κ3) is 3.84. The number of nitrogen functional groups attached to an aromatic ring is 1. The predicted molar refractivity (Wildman–Crippen MR) is 84.4 cm³/mol. The highest BCUT2D eigenvalue weighted by atomic mass is 32.2. The number of benzene rings is 1. The minimum atomic E-state index is -0.116. The van der Waals surface area contributed by atoms with Crippen LogP contribution in [0.25, 0.3) is 0 Å². The number of nitrogens with one attached hydrogen (secondary N) is 1. The van der Waals surface area contributed by atoms with Gasteiger partial charge in [-0.05, 0) is 12.1 Å². The van der Waals surface area contributed by atoms with Gasteiger partial charge < -0.3 is 16.0 Å². The smallest absolute Gasteiger partial charge is 0.234 e. The Morgan fingerprint density at radius 2 is 2.15 bits per heavy atom. The van der Waals surface area contributed by atoms with Gasteiger partial charge in [0.25, 0.3) is 0 Å². The molecule has 0 radical (unpaired) electrons. The second kappa shape index (κ2) is 6.58. The molecule has 0 aliphatic heterocycles. The molecule has 106 valence electrons. The van der Waals surface area contributed by atoms with Crippen molar-refractivity contribution in [3.63, 3.8) is 0 Å². The summed E-state index contributed by atoms with van der Waals surface area (Å²) in [5, 5.41) is 11.6. The predicted octanol–water partition coefficient (Wildman–Crippen LogP) is 1.92.